The molecule has 1 aromatic heterocycles. The fourth-order valence-electron chi connectivity index (χ4n) is 2.88. The highest BCUT2D eigenvalue weighted by Gasteiger charge is 2.16. The predicted octanol–water partition coefficient (Wildman–Crippen LogP) is 3.55. The zero-order valence-corrected chi connectivity index (χ0v) is 12.5. The molecule has 0 saturated carbocycles. The molecule has 0 aliphatic heterocycles. The van der Waals surface area contributed by atoms with E-state index in [-0.39, 0.29) is 0 Å². The summed E-state index contributed by atoms with van der Waals surface area (Å²) in [5.74, 6) is 1.19. The molecule has 3 nitrogen and oxygen atoms in total. The Morgan fingerprint density at radius 2 is 1.95 bits per heavy atom. The second kappa shape index (κ2) is 6.20. The van der Waals surface area contributed by atoms with Gasteiger partial charge >= 0.3 is 0 Å². The smallest absolute Gasteiger partial charge is 0.109 e. The van der Waals surface area contributed by atoms with Crippen molar-refractivity contribution in [2.24, 2.45) is 0 Å². The Bertz CT molecular complexity index is 530. The first-order chi connectivity index (χ1) is 9.17. The molecule has 0 fully saturated rings. The molecule has 2 rings (SSSR count). The van der Waals surface area contributed by atoms with Gasteiger partial charge in [0.1, 0.15) is 5.82 Å². The summed E-state index contributed by atoms with van der Waals surface area (Å²) in [6.45, 7) is 9.91. The standard InChI is InChI=1S/C16H25N3/c1-5-16-18-14-9-7-8-10-15(14)19(16)13(4)11-12(3)17-6-2/h7-10,12-13,17H,5-6,11H2,1-4H3. The van der Waals surface area contributed by atoms with E-state index in [0.29, 0.717) is 12.1 Å². The highest BCUT2D eigenvalue weighted by Crippen LogP contribution is 2.24. The van der Waals surface area contributed by atoms with Crippen LogP contribution in [0.15, 0.2) is 24.3 Å². The van der Waals surface area contributed by atoms with Crippen LogP contribution in [-0.4, -0.2) is 22.1 Å². The quantitative estimate of drug-likeness (QED) is 0.860. The minimum Gasteiger partial charge on any atom is -0.325 e. The number of nitrogens with one attached hydrogen (secondary N) is 1. The Morgan fingerprint density at radius 3 is 2.63 bits per heavy atom. The van der Waals surface area contributed by atoms with Gasteiger partial charge in [-0.05, 0) is 38.9 Å². The Labute approximate surface area is 116 Å². The lowest BCUT2D eigenvalue weighted by molar-refractivity contribution is 0.418. The SMILES string of the molecule is CCNC(C)CC(C)n1c(CC)nc2ccccc21. The normalized spacial score (nSPS) is 14.7. The van der Waals surface area contributed by atoms with Crippen LogP contribution in [0.3, 0.4) is 0 Å². The summed E-state index contributed by atoms with van der Waals surface area (Å²) in [5, 5.41) is 3.49. The Balaban J connectivity index is 2.31. The van der Waals surface area contributed by atoms with Gasteiger partial charge in [-0.1, -0.05) is 26.0 Å². The third kappa shape index (κ3) is 2.98. The highest BCUT2D eigenvalue weighted by atomic mass is 15.1. The van der Waals surface area contributed by atoms with Crippen molar-refractivity contribution in [2.75, 3.05) is 6.54 Å². The number of aryl methyl sites for hydroxylation is 1. The van der Waals surface area contributed by atoms with Gasteiger partial charge in [-0.15, -0.1) is 0 Å². The maximum absolute atomic E-state index is 4.75. The number of aromatic nitrogens is 2. The van der Waals surface area contributed by atoms with Gasteiger partial charge in [-0.2, -0.15) is 0 Å². The lowest BCUT2D eigenvalue weighted by Crippen LogP contribution is -2.28. The van der Waals surface area contributed by atoms with Crippen LogP contribution in [0.2, 0.25) is 0 Å². The van der Waals surface area contributed by atoms with Gasteiger partial charge < -0.3 is 9.88 Å². The maximum Gasteiger partial charge on any atom is 0.109 e. The molecule has 1 heterocycles. The van der Waals surface area contributed by atoms with Crippen LogP contribution in [0.25, 0.3) is 11.0 Å². The molecule has 1 N–H and O–H groups in total. The van der Waals surface area contributed by atoms with E-state index in [1.165, 1.54) is 11.3 Å². The molecule has 104 valence electrons. The highest BCUT2D eigenvalue weighted by molar-refractivity contribution is 5.76. The molecule has 2 atom stereocenters. The Morgan fingerprint density at radius 1 is 1.21 bits per heavy atom. The minimum atomic E-state index is 0.469. The first kappa shape index (κ1) is 14.1. The van der Waals surface area contributed by atoms with Crippen molar-refractivity contribution in [3.8, 4) is 0 Å². The summed E-state index contributed by atoms with van der Waals surface area (Å²) in [4.78, 5) is 4.75. The zero-order chi connectivity index (χ0) is 13.8. The molecule has 2 aromatic rings. The zero-order valence-electron chi connectivity index (χ0n) is 12.5. The van der Waals surface area contributed by atoms with Crippen molar-refractivity contribution < 1.29 is 0 Å². The second-order valence-electron chi connectivity index (χ2n) is 5.28. The molecule has 3 heteroatoms. The van der Waals surface area contributed by atoms with Gasteiger partial charge in [0.05, 0.1) is 11.0 Å². The van der Waals surface area contributed by atoms with Crippen LogP contribution in [0.1, 0.15) is 46.0 Å². The summed E-state index contributed by atoms with van der Waals surface area (Å²) in [6, 6.07) is 9.44. The van der Waals surface area contributed by atoms with Crippen molar-refractivity contribution in [3.63, 3.8) is 0 Å². The number of hydrogen-bond acceptors (Lipinski definition) is 2. The predicted molar refractivity (Wildman–Crippen MR) is 81.6 cm³/mol. The lowest BCUT2D eigenvalue weighted by atomic mass is 10.1. The third-order valence-electron chi connectivity index (χ3n) is 3.67. The number of para-hydroxylation sites is 2. The van der Waals surface area contributed by atoms with Crippen LogP contribution in [0.4, 0.5) is 0 Å². The number of imidazole rings is 1. The molecule has 19 heavy (non-hydrogen) atoms. The molecule has 0 aliphatic rings. The first-order valence-electron chi connectivity index (χ1n) is 7.36. The van der Waals surface area contributed by atoms with Crippen molar-refractivity contribution >= 4 is 11.0 Å². The molecule has 2 unspecified atom stereocenters. The largest absolute Gasteiger partial charge is 0.325 e. The van der Waals surface area contributed by atoms with Crippen molar-refractivity contribution in [1.82, 2.24) is 14.9 Å². The van der Waals surface area contributed by atoms with Crippen molar-refractivity contribution in [1.29, 1.82) is 0 Å². The van der Waals surface area contributed by atoms with E-state index in [1.807, 2.05) is 0 Å². The van der Waals surface area contributed by atoms with E-state index >= 15 is 0 Å². The fourth-order valence-corrected chi connectivity index (χ4v) is 2.88. The maximum atomic E-state index is 4.75. The van der Waals surface area contributed by atoms with Crippen LogP contribution in [0.5, 0.6) is 0 Å². The number of benzene rings is 1. The van der Waals surface area contributed by atoms with Gasteiger partial charge in [0, 0.05) is 18.5 Å². The van der Waals surface area contributed by atoms with E-state index in [0.717, 1.165) is 24.9 Å². The monoisotopic (exact) mass is 259 g/mol. The third-order valence-corrected chi connectivity index (χ3v) is 3.67. The second-order valence-corrected chi connectivity index (χ2v) is 5.28. The molecular formula is C16H25N3. The molecule has 0 spiro atoms. The first-order valence-corrected chi connectivity index (χ1v) is 7.36. The summed E-state index contributed by atoms with van der Waals surface area (Å²) < 4.78 is 2.41. The van der Waals surface area contributed by atoms with Crippen molar-refractivity contribution in [3.05, 3.63) is 30.1 Å². The Kier molecular flexibility index (Phi) is 4.59. The topological polar surface area (TPSA) is 29.9 Å². The van der Waals surface area contributed by atoms with Crippen molar-refractivity contribution in [2.45, 2.75) is 52.6 Å². The fraction of sp³-hybridized carbons (Fsp3) is 0.562. The number of nitrogens with zero attached hydrogens (tertiary/aromatic N) is 2. The van der Waals surface area contributed by atoms with Crippen LogP contribution in [-0.2, 0) is 6.42 Å². The van der Waals surface area contributed by atoms with Crippen LogP contribution >= 0.6 is 0 Å². The van der Waals surface area contributed by atoms with E-state index in [9.17, 15) is 0 Å². The van der Waals surface area contributed by atoms with Crippen LogP contribution in [0, 0.1) is 0 Å². The Hall–Kier alpha value is -1.35. The van der Waals surface area contributed by atoms with E-state index in [1.54, 1.807) is 0 Å². The molecule has 0 aliphatic carbocycles. The van der Waals surface area contributed by atoms with E-state index in [4.69, 9.17) is 4.98 Å². The van der Waals surface area contributed by atoms with E-state index in [2.05, 4.69) is 61.8 Å². The molecule has 0 radical (unpaired) electrons. The van der Waals surface area contributed by atoms with Crippen LogP contribution < -0.4 is 5.32 Å². The van der Waals surface area contributed by atoms with Gasteiger partial charge in [0.2, 0.25) is 0 Å². The minimum absolute atomic E-state index is 0.469. The van der Waals surface area contributed by atoms with Gasteiger partial charge in [-0.3, -0.25) is 0 Å². The van der Waals surface area contributed by atoms with Gasteiger partial charge in [0.15, 0.2) is 0 Å². The molecule has 1 aromatic carbocycles. The summed E-state index contributed by atoms with van der Waals surface area (Å²) in [7, 11) is 0. The number of rotatable bonds is 6. The molecule has 0 saturated heterocycles. The van der Waals surface area contributed by atoms with Gasteiger partial charge in [-0.25, -0.2) is 4.98 Å². The average molecular weight is 259 g/mol. The molecule has 0 amide bonds. The summed E-state index contributed by atoms with van der Waals surface area (Å²) >= 11 is 0. The number of hydrogen-bond donors (Lipinski definition) is 1. The molecule has 0 bridgehead atoms. The van der Waals surface area contributed by atoms with Gasteiger partial charge in [0.25, 0.3) is 0 Å². The van der Waals surface area contributed by atoms with E-state index < -0.39 is 0 Å². The molecular weight excluding hydrogens is 234 g/mol. The summed E-state index contributed by atoms with van der Waals surface area (Å²) in [5.41, 5.74) is 2.37. The summed E-state index contributed by atoms with van der Waals surface area (Å²) in [6.07, 6.45) is 2.11. The number of fused-ring (bicyclic) bond motifs is 1. The average Bonchev–Trinajstić information content (AvgIpc) is 2.77. The lowest BCUT2D eigenvalue weighted by Gasteiger charge is -2.21.